The molecule has 1 spiro atoms. The normalized spacial score (nSPS) is 22.3. The van der Waals surface area contributed by atoms with E-state index in [0.29, 0.717) is 25.4 Å². The van der Waals surface area contributed by atoms with Crippen molar-refractivity contribution in [3.63, 3.8) is 0 Å². The Hall–Kier alpha value is -2.90. The molecule has 25 heavy (non-hydrogen) atoms. The number of hydrogen-bond donors (Lipinski definition) is 0. The predicted octanol–water partition coefficient (Wildman–Crippen LogP) is 1.58. The highest BCUT2D eigenvalue weighted by Crippen LogP contribution is 2.39. The third-order valence-electron chi connectivity index (χ3n) is 4.78. The second-order valence-corrected chi connectivity index (χ2v) is 6.32. The summed E-state index contributed by atoms with van der Waals surface area (Å²) in [6.45, 7) is 1.47. The van der Waals surface area contributed by atoms with E-state index in [1.165, 1.54) is 6.39 Å². The molecule has 130 valence electrons. The van der Waals surface area contributed by atoms with E-state index in [1.54, 1.807) is 9.80 Å². The number of rotatable bonds is 4. The molecule has 2 fully saturated rings. The van der Waals surface area contributed by atoms with Crippen LogP contribution in [0, 0.1) is 0 Å². The van der Waals surface area contributed by atoms with Gasteiger partial charge in [-0.15, -0.1) is 10.2 Å². The van der Waals surface area contributed by atoms with Crippen molar-refractivity contribution >= 4 is 12.0 Å². The molecule has 0 saturated carbocycles. The Morgan fingerprint density at radius 1 is 1.32 bits per heavy atom. The molecule has 0 radical (unpaired) electrons. The van der Waals surface area contributed by atoms with Gasteiger partial charge in [-0.25, -0.2) is 4.79 Å². The van der Waals surface area contributed by atoms with Crippen molar-refractivity contribution in [1.29, 1.82) is 0 Å². The van der Waals surface area contributed by atoms with Crippen molar-refractivity contribution in [3.8, 4) is 0 Å². The van der Waals surface area contributed by atoms with E-state index >= 15 is 0 Å². The molecule has 4 rings (SSSR count). The number of likely N-dealkylation sites (tertiary alicyclic amines) is 2. The lowest BCUT2D eigenvalue weighted by Gasteiger charge is -2.50. The third kappa shape index (κ3) is 2.73. The second-order valence-electron chi connectivity index (χ2n) is 6.32. The third-order valence-corrected chi connectivity index (χ3v) is 4.78. The van der Waals surface area contributed by atoms with Crippen molar-refractivity contribution in [2.45, 2.75) is 31.5 Å². The Morgan fingerprint density at radius 2 is 2.16 bits per heavy atom. The van der Waals surface area contributed by atoms with E-state index < -0.39 is 11.6 Å². The summed E-state index contributed by atoms with van der Waals surface area (Å²) in [5.74, 6) is 0.305. The quantitative estimate of drug-likeness (QED) is 0.784. The van der Waals surface area contributed by atoms with E-state index in [4.69, 9.17) is 9.15 Å². The monoisotopic (exact) mass is 342 g/mol. The molecule has 0 N–H and O–H groups in total. The average Bonchev–Trinajstić information content (AvgIpc) is 3.31. The molecule has 1 unspecified atom stereocenters. The van der Waals surface area contributed by atoms with Gasteiger partial charge in [0.15, 0.2) is 0 Å². The van der Waals surface area contributed by atoms with Gasteiger partial charge < -0.3 is 14.1 Å². The van der Waals surface area contributed by atoms with Crippen molar-refractivity contribution < 1.29 is 18.7 Å². The van der Waals surface area contributed by atoms with Crippen LogP contribution in [0.1, 0.15) is 24.3 Å². The van der Waals surface area contributed by atoms with Gasteiger partial charge in [-0.2, -0.15) is 0 Å². The number of carbonyl (C=O) groups excluding carboxylic acids is 2. The summed E-state index contributed by atoms with van der Waals surface area (Å²) in [5.41, 5.74) is 0.149. The van der Waals surface area contributed by atoms with Crippen LogP contribution in [0.15, 0.2) is 41.1 Å². The molecule has 0 aliphatic carbocycles. The van der Waals surface area contributed by atoms with Gasteiger partial charge in [0.1, 0.15) is 12.1 Å². The molecule has 2 amide bonds. The zero-order chi connectivity index (χ0) is 17.3. The summed E-state index contributed by atoms with van der Waals surface area (Å²) in [6, 6.07) is 9.49. The van der Waals surface area contributed by atoms with Gasteiger partial charge in [-0.1, -0.05) is 30.3 Å². The fourth-order valence-electron chi connectivity index (χ4n) is 3.54. The molecule has 2 aromatic rings. The summed E-state index contributed by atoms with van der Waals surface area (Å²) in [6.07, 6.45) is 2.25. The Balaban J connectivity index is 1.39. The Labute approximate surface area is 144 Å². The number of β-lactam (4-membered cyclic amide) rings is 1. The van der Waals surface area contributed by atoms with E-state index in [0.717, 1.165) is 12.0 Å². The molecule has 1 aromatic heterocycles. The molecule has 1 atom stereocenters. The smallest absolute Gasteiger partial charge is 0.411 e. The Bertz CT molecular complexity index is 764. The summed E-state index contributed by atoms with van der Waals surface area (Å²) in [7, 11) is 0. The Morgan fingerprint density at radius 3 is 2.88 bits per heavy atom. The molecular weight excluding hydrogens is 324 g/mol. The molecule has 2 saturated heterocycles. The fourth-order valence-corrected chi connectivity index (χ4v) is 3.54. The van der Waals surface area contributed by atoms with Crippen LogP contribution in [0.3, 0.4) is 0 Å². The molecule has 2 aliphatic heterocycles. The SMILES string of the molecule is O=C(OCc1ccccc1)N1CCCC12CN(Cc1nnco1)C2=O. The zero-order valence-electron chi connectivity index (χ0n) is 13.6. The summed E-state index contributed by atoms with van der Waals surface area (Å²) in [5, 5.41) is 7.39. The molecule has 0 bridgehead atoms. The lowest BCUT2D eigenvalue weighted by molar-refractivity contribution is -0.161. The van der Waals surface area contributed by atoms with Crippen LogP contribution in [0.4, 0.5) is 4.79 Å². The first-order valence-corrected chi connectivity index (χ1v) is 8.22. The highest BCUT2D eigenvalue weighted by atomic mass is 16.6. The summed E-state index contributed by atoms with van der Waals surface area (Å²) >= 11 is 0. The number of nitrogens with zero attached hydrogens (tertiary/aromatic N) is 4. The maximum Gasteiger partial charge on any atom is 0.411 e. The van der Waals surface area contributed by atoms with E-state index in [2.05, 4.69) is 10.2 Å². The van der Waals surface area contributed by atoms with Gasteiger partial charge >= 0.3 is 6.09 Å². The molecule has 2 aliphatic rings. The first-order valence-electron chi connectivity index (χ1n) is 8.22. The average molecular weight is 342 g/mol. The van der Waals surface area contributed by atoms with Crippen molar-refractivity contribution in [1.82, 2.24) is 20.0 Å². The predicted molar refractivity (Wildman–Crippen MR) is 85.0 cm³/mol. The maximum atomic E-state index is 12.7. The molecule has 8 nitrogen and oxygen atoms in total. The molecule has 1 aromatic carbocycles. The number of ether oxygens (including phenoxy) is 1. The van der Waals surface area contributed by atoms with Crippen LogP contribution in [0.2, 0.25) is 0 Å². The summed E-state index contributed by atoms with van der Waals surface area (Å²) < 4.78 is 10.5. The topological polar surface area (TPSA) is 88.8 Å². The van der Waals surface area contributed by atoms with E-state index in [9.17, 15) is 9.59 Å². The number of hydrogen-bond acceptors (Lipinski definition) is 6. The largest absolute Gasteiger partial charge is 0.445 e. The maximum absolute atomic E-state index is 12.7. The number of amides is 2. The molecule has 3 heterocycles. The lowest BCUT2D eigenvalue weighted by atomic mass is 9.86. The lowest BCUT2D eigenvalue weighted by Crippen LogP contribution is -2.72. The van der Waals surface area contributed by atoms with Gasteiger partial charge in [0, 0.05) is 6.54 Å². The number of benzene rings is 1. The van der Waals surface area contributed by atoms with Gasteiger partial charge in [0.05, 0.1) is 13.1 Å². The van der Waals surface area contributed by atoms with Gasteiger partial charge in [0.25, 0.3) is 5.91 Å². The van der Waals surface area contributed by atoms with E-state index in [1.807, 2.05) is 30.3 Å². The van der Waals surface area contributed by atoms with Crippen molar-refractivity contribution in [2.75, 3.05) is 13.1 Å². The van der Waals surface area contributed by atoms with Crippen LogP contribution in [-0.4, -0.2) is 50.6 Å². The second kappa shape index (κ2) is 6.19. The molecule has 8 heteroatoms. The van der Waals surface area contributed by atoms with Crippen LogP contribution in [-0.2, 0) is 22.7 Å². The van der Waals surface area contributed by atoms with Gasteiger partial charge in [-0.05, 0) is 18.4 Å². The number of aromatic nitrogens is 2. The first kappa shape index (κ1) is 15.6. The zero-order valence-corrected chi connectivity index (χ0v) is 13.6. The van der Waals surface area contributed by atoms with E-state index in [-0.39, 0.29) is 19.1 Å². The highest BCUT2D eigenvalue weighted by molar-refractivity contribution is 5.96. The van der Waals surface area contributed by atoms with Crippen molar-refractivity contribution in [2.24, 2.45) is 0 Å². The van der Waals surface area contributed by atoms with Crippen LogP contribution in [0.25, 0.3) is 0 Å². The Kier molecular flexibility index (Phi) is 3.87. The van der Waals surface area contributed by atoms with Crippen LogP contribution >= 0.6 is 0 Å². The van der Waals surface area contributed by atoms with Crippen LogP contribution < -0.4 is 0 Å². The fraction of sp³-hybridized carbons (Fsp3) is 0.412. The summed E-state index contributed by atoms with van der Waals surface area (Å²) in [4.78, 5) is 28.4. The first-order chi connectivity index (χ1) is 12.2. The standard InChI is InChI=1S/C17H18N4O4/c22-15-17(11-20(15)9-14-19-18-12-25-14)7-4-8-21(17)16(23)24-10-13-5-2-1-3-6-13/h1-3,5-6,12H,4,7-11H2. The minimum atomic E-state index is -0.770. The van der Waals surface area contributed by atoms with Crippen LogP contribution in [0.5, 0.6) is 0 Å². The minimum Gasteiger partial charge on any atom is -0.445 e. The van der Waals surface area contributed by atoms with Gasteiger partial charge in [-0.3, -0.25) is 9.69 Å². The molecular formula is C17H18N4O4. The number of carbonyl (C=O) groups is 2. The minimum absolute atomic E-state index is 0.0835. The van der Waals surface area contributed by atoms with Crippen molar-refractivity contribution in [3.05, 3.63) is 48.2 Å². The highest BCUT2D eigenvalue weighted by Gasteiger charge is 2.60. The van der Waals surface area contributed by atoms with Gasteiger partial charge in [0.2, 0.25) is 12.3 Å².